The number of para-hydroxylation sites is 1. The zero-order chi connectivity index (χ0) is 16.2. The predicted molar refractivity (Wildman–Crippen MR) is 89.9 cm³/mol. The Morgan fingerprint density at radius 1 is 1.09 bits per heavy atom. The number of anilines is 1. The smallest absolute Gasteiger partial charge is 0.227 e. The third-order valence-electron chi connectivity index (χ3n) is 4.22. The normalized spacial score (nSPS) is 18.7. The van der Waals surface area contributed by atoms with E-state index in [9.17, 15) is 9.59 Å². The summed E-state index contributed by atoms with van der Waals surface area (Å²) >= 11 is 0. The summed E-state index contributed by atoms with van der Waals surface area (Å²) in [6, 6.07) is 19.3. The van der Waals surface area contributed by atoms with E-state index in [-0.39, 0.29) is 30.2 Å². The number of hydrogen-bond donors (Lipinski definition) is 1. The van der Waals surface area contributed by atoms with Gasteiger partial charge in [0.25, 0.3) is 0 Å². The van der Waals surface area contributed by atoms with Crippen molar-refractivity contribution in [2.45, 2.75) is 19.4 Å². The van der Waals surface area contributed by atoms with Gasteiger partial charge in [0.1, 0.15) is 0 Å². The molecule has 0 saturated carbocycles. The molecule has 0 aromatic heterocycles. The highest BCUT2D eigenvalue weighted by atomic mass is 16.2. The highest BCUT2D eigenvalue weighted by Gasteiger charge is 2.35. The van der Waals surface area contributed by atoms with E-state index < -0.39 is 0 Å². The summed E-state index contributed by atoms with van der Waals surface area (Å²) in [6.07, 6.45) is 0.266. The van der Waals surface area contributed by atoms with Crippen molar-refractivity contribution in [1.82, 2.24) is 5.32 Å². The lowest BCUT2D eigenvalue weighted by Gasteiger charge is -2.18. The van der Waals surface area contributed by atoms with Crippen LogP contribution in [-0.4, -0.2) is 18.4 Å². The molecule has 0 radical (unpaired) electrons. The molecule has 1 heterocycles. The first kappa shape index (κ1) is 15.3. The van der Waals surface area contributed by atoms with E-state index in [4.69, 9.17) is 0 Å². The molecule has 4 heteroatoms. The highest BCUT2D eigenvalue weighted by Crippen LogP contribution is 2.25. The van der Waals surface area contributed by atoms with Crippen molar-refractivity contribution >= 4 is 17.5 Å². The predicted octanol–water partition coefficient (Wildman–Crippen LogP) is 2.92. The second-order valence-electron chi connectivity index (χ2n) is 5.88. The second-order valence-corrected chi connectivity index (χ2v) is 5.88. The summed E-state index contributed by atoms with van der Waals surface area (Å²) in [5.41, 5.74) is 1.91. The number of amides is 2. The molecule has 1 saturated heterocycles. The van der Waals surface area contributed by atoms with Crippen LogP contribution in [0, 0.1) is 5.92 Å². The molecule has 2 aromatic carbocycles. The minimum atomic E-state index is -0.297. The topological polar surface area (TPSA) is 49.4 Å². The minimum Gasteiger partial charge on any atom is -0.349 e. The van der Waals surface area contributed by atoms with E-state index in [1.54, 1.807) is 4.90 Å². The van der Waals surface area contributed by atoms with Gasteiger partial charge in [-0.2, -0.15) is 0 Å². The van der Waals surface area contributed by atoms with Gasteiger partial charge in [0.05, 0.1) is 12.0 Å². The van der Waals surface area contributed by atoms with Crippen molar-refractivity contribution in [2.75, 3.05) is 11.4 Å². The van der Waals surface area contributed by atoms with E-state index in [1.807, 2.05) is 67.6 Å². The molecular weight excluding hydrogens is 288 g/mol. The van der Waals surface area contributed by atoms with Gasteiger partial charge in [-0.1, -0.05) is 48.5 Å². The number of hydrogen-bond acceptors (Lipinski definition) is 2. The molecule has 4 nitrogen and oxygen atoms in total. The number of rotatable bonds is 4. The maximum Gasteiger partial charge on any atom is 0.227 e. The summed E-state index contributed by atoms with van der Waals surface area (Å²) in [7, 11) is 0. The average Bonchev–Trinajstić information content (AvgIpc) is 2.98. The van der Waals surface area contributed by atoms with Crippen LogP contribution in [-0.2, 0) is 9.59 Å². The summed E-state index contributed by atoms with van der Waals surface area (Å²) in [5.74, 6) is -0.356. The van der Waals surface area contributed by atoms with Crippen molar-refractivity contribution in [2.24, 2.45) is 5.92 Å². The zero-order valence-corrected chi connectivity index (χ0v) is 13.1. The molecule has 1 fully saturated rings. The maximum absolute atomic E-state index is 12.5. The van der Waals surface area contributed by atoms with Crippen molar-refractivity contribution in [3.63, 3.8) is 0 Å². The van der Waals surface area contributed by atoms with Crippen LogP contribution in [0.2, 0.25) is 0 Å². The third-order valence-corrected chi connectivity index (χ3v) is 4.22. The van der Waals surface area contributed by atoms with Gasteiger partial charge in [-0.3, -0.25) is 9.59 Å². The molecule has 118 valence electrons. The van der Waals surface area contributed by atoms with Crippen LogP contribution in [0.5, 0.6) is 0 Å². The fraction of sp³-hybridized carbons (Fsp3) is 0.263. The van der Waals surface area contributed by atoms with Gasteiger partial charge >= 0.3 is 0 Å². The van der Waals surface area contributed by atoms with Gasteiger partial charge in [0, 0.05) is 18.7 Å². The molecule has 2 atom stereocenters. The lowest BCUT2D eigenvalue weighted by atomic mass is 10.1. The largest absolute Gasteiger partial charge is 0.349 e. The van der Waals surface area contributed by atoms with Gasteiger partial charge < -0.3 is 10.2 Å². The van der Waals surface area contributed by atoms with Crippen LogP contribution in [0.3, 0.4) is 0 Å². The molecule has 0 bridgehead atoms. The lowest BCUT2D eigenvalue weighted by Crippen LogP contribution is -2.34. The molecule has 1 aliphatic heterocycles. The van der Waals surface area contributed by atoms with Crippen LogP contribution in [0.4, 0.5) is 5.69 Å². The Bertz CT molecular complexity index is 685. The maximum atomic E-state index is 12.5. The Balaban J connectivity index is 1.64. The van der Waals surface area contributed by atoms with Gasteiger partial charge in [0.2, 0.25) is 11.8 Å². The van der Waals surface area contributed by atoms with Crippen molar-refractivity contribution in [1.29, 1.82) is 0 Å². The Hall–Kier alpha value is -2.62. The lowest BCUT2D eigenvalue weighted by molar-refractivity contribution is -0.126. The van der Waals surface area contributed by atoms with Crippen LogP contribution in [0.25, 0.3) is 0 Å². The van der Waals surface area contributed by atoms with Crippen LogP contribution in [0.1, 0.15) is 24.9 Å². The molecule has 23 heavy (non-hydrogen) atoms. The monoisotopic (exact) mass is 308 g/mol. The van der Waals surface area contributed by atoms with Gasteiger partial charge in [-0.05, 0) is 24.6 Å². The van der Waals surface area contributed by atoms with Gasteiger partial charge in [-0.25, -0.2) is 0 Å². The standard InChI is InChI=1S/C19H20N2O2/c1-14(15-8-4-2-5-9-15)20-19(23)16-12-18(22)21(13-16)17-10-6-3-7-11-17/h2-11,14,16H,12-13H2,1H3,(H,20,23)/t14-,16+/m1/s1. The van der Waals surface area contributed by atoms with Gasteiger partial charge in [-0.15, -0.1) is 0 Å². The molecule has 3 rings (SSSR count). The fourth-order valence-electron chi connectivity index (χ4n) is 2.90. The van der Waals surface area contributed by atoms with Crippen molar-refractivity contribution < 1.29 is 9.59 Å². The molecular formula is C19H20N2O2. The zero-order valence-electron chi connectivity index (χ0n) is 13.1. The first-order chi connectivity index (χ1) is 11.1. The number of benzene rings is 2. The number of carbonyl (C=O) groups is 2. The Labute approximate surface area is 136 Å². The highest BCUT2D eigenvalue weighted by molar-refractivity contribution is 6.00. The summed E-state index contributed by atoms with van der Waals surface area (Å²) in [6.45, 7) is 2.40. The Kier molecular flexibility index (Phi) is 4.42. The van der Waals surface area contributed by atoms with E-state index in [0.717, 1.165) is 11.3 Å². The van der Waals surface area contributed by atoms with E-state index in [2.05, 4.69) is 5.32 Å². The van der Waals surface area contributed by atoms with Crippen LogP contribution in [0.15, 0.2) is 60.7 Å². The van der Waals surface area contributed by atoms with Crippen molar-refractivity contribution in [3.8, 4) is 0 Å². The molecule has 1 N–H and O–H groups in total. The number of carbonyl (C=O) groups excluding carboxylic acids is 2. The summed E-state index contributed by atoms with van der Waals surface area (Å²) < 4.78 is 0. The second kappa shape index (κ2) is 6.65. The Morgan fingerprint density at radius 2 is 1.70 bits per heavy atom. The van der Waals surface area contributed by atoms with E-state index in [1.165, 1.54) is 0 Å². The SMILES string of the molecule is C[C@@H](NC(=O)[C@H]1CC(=O)N(c2ccccc2)C1)c1ccccc1. The third kappa shape index (κ3) is 3.42. The summed E-state index contributed by atoms with van der Waals surface area (Å²) in [4.78, 5) is 26.3. The van der Waals surface area contributed by atoms with Crippen LogP contribution < -0.4 is 10.2 Å². The molecule has 0 unspecified atom stereocenters. The fourth-order valence-corrected chi connectivity index (χ4v) is 2.90. The van der Waals surface area contributed by atoms with Crippen molar-refractivity contribution in [3.05, 3.63) is 66.2 Å². The molecule has 1 aliphatic rings. The molecule has 2 amide bonds. The first-order valence-corrected chi connectivity index (χ1v) is 7.86. The van der Waals surface area contributed by atoms with Crippen LogP contribution >= 0.6 is 0 Å². The molecule has 0 spiro atoms. The average molecular weight is 308 g/mol. The Morgan fingerprint density at radius 3 is 2.35 bits per heavy atom. The quantitative estimate of drug-likeness (QED) is 0.944. The molecule has 0 aliphatic carbocycles. The number of nitrogens with zero attached hydrogens (tertiary/aromatic N) is 1. The van der Waals surface area contributed by atoms with E-state index in [0.29, 0.717) is 6.54 Å². The summed E-state index contributed by atoms with van der Waals surface area (Å²) in [5, 5.41) is 3.01. The van der Waals surface area contributed by atoms with E-state index >= 15 is 0 Å². The van der Waals surface area contributed by atoms with Gasteiger partial charge in [0.15, 0.2) is 0 Å². The minimum absolute atomic E-state index is 0.00344. The number of nitrogens with one attached hydrogen (secondary N) is 1. The first-order valence-electron chi connectivity index (χ1n) is 7.86. The molecule has 2 aromatic rings.